The summed E-state index contributed by atoms with van der Waals surface area (Å²) >= 11 is 1.77. The molecular formula is C15H19NOS. The van der Waals surface area contributed by atoms with Crippen molar-refractivity contribution in [2.24, 2.45) is 0 Å². The molecule has 0 spiro atoms. The zero-order valence-corrected chi connectivity index (χ0v) is 11.7. The topological polar surface area (TPSA) is 21.3 Å². The zero-order valence-electron chi connectivity index (χ0n) is 10.8. The molecule has 0 amide bonds. The summed E-state index contributed by atoms with van der Waals surface area (Å²) in [5, 5.41) is 5.49. The standard InChI is InChI=1S/C15H19NOS/c1-3-12(2)17-14-8-6-13(7-9-14)16-11-15-5-4-10-18-15/h4-10,12,16H,3,11H2,1-2H3. The number of rotatable bonds is 6. The van der Waals surface area contributed by atoms with Gasteiger partial charge in [-0.25, -0.2) is 0 Å². The first-order valence-corrected chi connectivity index (χ1v) is 7.19. The van der Waals surface area contributed by atoms with E-state index in [0.717, 1.165) is 24.4 Å². The molecule has 0 fully saturated rings. The third-order valence-corrected chi connectivity index (χ3v) is 3.69. The first kappa shape index (κ1) is 13.0. The largest absolute Gasteiger partial charge is 0.491 e. The Bertz CT molecular complexity index is 450. The van der Waals surface area contributed by atoms with Crippen molar-refractivity contribution in [1.82, 2.24) is 0 Å². The van der Waals surface area contributed by atoms with Crippen molar-refractivity contribution in [3.05, 3.63) is 46.7 Å². The quantitative estimate of drug-likeness (QED) is 0.824. The molecule has 96 valence electrons. The molecule has 18 heavy (non-hydrogen) atoms. The van der Waals surface area contributed by atoms with Gasteiger partial charge in [0.1, 0.15) is 5.75 Å². The second-order valence-electron chi connectivity index (χ2n) is 4.29. The van der Waals surface area contributed by atoms with Crippen LogP contribution in [0.5, 0.6) is 5.75 Å². The molecule has 2 aromatic rings. The first-order valence-electron chi connectivity index (χ1n) is 6.31. The summed E-state index contributed by atoms with van der Waals surface area (Å²) in [6.45, 7) is 5.09. The van der Waals surface area contributed by atoms with E-state index >= 15 is 0 Å². The fraction of sp³-hybridized carbons (Fsp3) is 0.333. The van der Waals surface area contributed by atoms with Crippen molar-refractivity contribution in [3.8, 4) is 5.75 Å². The Morgan fingerprint density at radius 1 is 1.22 bits per heavy atom. The third kappa shape index (κ3) is 3.77. The van der Waals surface area contributed by atoms with Crippen LogP contribution in [0, 0.1) is 0 Å². The van der Waals surface area contributed by atoms with Crippen LogP contribution in [-0.4, -0.2) is 6.10 Å². The second kappa shape index (κ2) is 6.45. The minimum absolute atomic E-state index is 0.273. The number of thiophene rings is 1. The maximum absolute atomic E-state index is 5.74. The zero-order chi connectivity index (χ0) is 12.8. The van der Waals surface area contributed by atoms with Gasteiger partial charge in [-0.15, -0.1) is 11.3 Å². The molecular weight excluding hydrogens is 242 g/mol. The number of benzene rings is 1. The molecule has 1 atom stereocenters. The van der Waals surface area contributed by atoms with Crippen LogP contribution >= 0.6 is 11.3 Å². The number of nitrogens with one attached hydrogen (secondary N) is 1. The highest BCUT2D eigenvalue weighted by molar-refractivity contribution is 7.09. The Kier molecular flexibility index (Phi) is 4.65. The van der Waals surface area contributed by atoms with Crippen LogP contribution in [-0.2, 0) is 6.54 Å². The summed E-state index contributed by atoms with van der Waals surface area (Å²) in [4.78, 5) is 1.34. The highest BCUT2D eigenvalue weighted by Crippen LogP contribution is 2.19. The highest BCUT2D eigenvalue weighted by atomic mass is 32.1. The molecule has 2 rings (SSSR count). The number of ether oxygens (including phenoxy) is 1. The smallest absolute Gasteiger partial charge is 0.119 e. The average molecular weight is 261 g/mol. The third-order valence-electron chi connectivity index (χ3n) is 2.81. The van der Waals surface area contributed by atoms with Gasteiger partial charge in [0.15, 0.2) is 0 Å². The van der Waals surface area contributed by atoms with Gasteiger partial charge in [-0.3, -0.25) is 0 Å². The van der Waals surface area contributed by atoms with Gasteiger partial charge in [-0.05, 0) is 49.1 Å². The van der Waals surface area contributed by atoms with Gasteiger partial charge in [-0.2, -0.15) is 0 Å². The molecule has 1 N–H and O–H groups in total. The van der Waals surface area contributed by atoms with E-state index in [1.807, 2.05) is 12.1 Å². The summed E-state index contributed by atoms with van der Waals surface area (Å²) < 4.78 is 5.74. The first-order chi connectivity index (χ1) is 8.78. The minimum atomic E-state index is 0.273. The number of anilines is 1. The second-order valence-corrected chi connectivity index (χ2v) is 5.33. The van der Waals surface area contributed by atoms with Crippen LogP contribution in [0.15, 0.2) is 41.8 Å². The van der Waals surface area contributed by atoms with E-state index in [4.69, 9.17) is 4.74 Å². The molecule has 1 heterocycles. The van der Waals surface area contributed by atoms with Gasteiger partial charge < -0.3 is 10.1 Å². The summed E-state index contributed by atoms with van der Waals surface area (Å²) in [6.07, 6.45) is 1.30. The lowest BCUT2D eigenvalue weighted by molar-refractivity contribution is 0.217. The van der Waals surface area contributed by atoms with E-state index in [0.29, 0.717) is 0 Å². The Balaban J connectivity index is 1.87. The van der Waals surface area contributed by atoms with Crippen LogP contribution in [0.3, 0.4) is 0 Å². The van der Waals surface area contributed by atoms with Gasteiger partial charge in [0, 0.05) is 17.1 Å². The Hall–Kier alpha value is -1.48. The SMILES string of the molecule is CCC(C)Oc1ccc(NCc2cccs2)cc1. The molecule has 3 heteroatoms. The van der Waals surface area contributed by atoms with Crippen molar-refractivity contribution >= 4 is 17.0 Å². The predicted octanol–water partition coefficient (Wildman–Crippen LogP) is 4.54. The maximum atomic E-state index is 5.74. The molecule has 0 saturated carbocycles. The van der Waals surface area contributed by atoms with E-state index in [-0.39, 0.29) is 6.10 Å². The van der Waals surface area contributed by atoms with Gasteiger partial charge in [0.25, 0.3) is 0 Å². The van der Waals surface area contributed by atoms with Gasteiger partial charge in [-0.1, -0.05) is 13.0 Å². The van der Waals surface area contributed by atoms with Crippen molar-refractivity contribution < 1.29 is 4.74 Å². The fourth-order valence-electron chi connectivity index (χ4n) is 1.57. The van der Waals surface area contributed by atoms with E-state index < -0.39 is 0 Å². The van der Waals surface area contributed by atoms with Crippen LogP contribution < -0.4 is 10.1 Å². The van der Waals surface area contributed by atoms with Crippen molar-refractivity contribution in [2.75, 3.05) is 5.32 Å². The number of hydrogen-bond acceptors (Lipinski definition) is 3. The molecule has 1 aromatic carbocycles. The van der Waals surface area contributed by atoms with E-state index in [1.54, 1.807) is 11.3 Å². The van der Waals surface area contributed by atoms with E-state index in [9.17, 15) is 0 Å². The Labute approximate surface area is 113 Å². The van der Waals surface area contributed by atoms with Crippen molar-refractivity contribution in [2.45, 2.75) is 32.9 Å². The van der Waals surface area contributed by atoms with Crippen LogP contribution in [0.2, 0.25) is 0 Å². The van der Waals surface area contributed by atoms with Gasteiger partial charge in [0.2, 0.25) is 0 Å². The molecule has 0 aliphatic carbocycles. The lowest BCUT2D eigenvalue weighted by Gasteiger charge is -2.13. The highest BCUT2D eigenvalue weighted by Gasteiger charge is 2.01. The monoisotopic (exact) mass is 261 g/mol. The maximum Gasteiger partial charge on any atom is 0.119 e. The van der Waals surface area contributed by atoms with E-state index in [1.165, 1.54) is 4.88 Å². The lowest BCUT2D eigenvalue weighted by atomic mass is 10.2. The average Bonchev–Trinajstić information content (AvgIpc) is 2.91. The molecule has 0 aliphatic rings. The lowest BCUT2D eigenvalue weighted by Crippen LogP contribution is -2.09. The molecule has 0 bridgehead atoms. The molecule has 0 radical (unpaired) electrons. The number of hydrogen-bond donors (Lipinski definition) is 1. The van der Waals surface area contributed by atoms with Crippen LogP contribution in [0.1, 0.15) is 25.1 Å². The summed E-state index contributed by atoms with van der Waals surface area (Å²) in [7, 11) is 0. The van der Waals surface area contributed by atoms with Crippen LogP contribution in [0.25, 0.3) is 0 Å². The summed E-state index contributed by atoms with van der Waals surface area (Å²) in [5.74, 6) is 0.936. The fourth-order valence-corrected chi connectivity index (χ4v) is 2.21. The summed E-state index contributed by atoms with van der Waals surface area (Å²) in [5.41, 5.74) is 1.12. The normalized spacial score (nSPS) is 12.1. The van der Waals surface area contributed by atoms with Crippen molar-refractivity contribution in [1.29, 1.82) is 0 Å². The molecule has 0 saturated heterocycles. The Morgan fingerprint density at radius 2 is 2.00 bits per heavy atom. The van der Waals surface area contributed by atoms with Crippen LogP contribution in [0.4, 0.5) is 5.69 Å². The Morgan fingerprint density at radius 3 is 2.61 bits per heavy atom. The van der Waals surface area contributed by atoms with Gasteiger partial charge in [0.05, 0.1) is 6.10 Å². The molecule has 1 aromatic heterocycles. The predicted molar refractivity (Wildman–Crippen MR) is 78.5 cm³/mol. The molecule has 1 unspecified atom stereocenters. The molecule has 2 nitrogen and oxygen atoms in total. The van der Waals surface area contributed by atoms with Gasteiger partial charge >= 0.3 is 0 Å². The molecule has 0 aliphatic heterocycles. The van der Waals surface area contributed by atoms with Crippen molar-refractivity contribution in [3.63, 3.8) is 0 Å². The minimum Gasteiger partial charge on any atom is -0.491 e. The van der Waals surface area contributed by atoms with E-state index in [2.05, 4.69) is 48.8 Å². The summed E-state index contributed by atoms with van der Waals surface area (Å²) in [6, 6.07) is 12.4.